The predicted molar refractivity (Wildman–Crippen MR) is 103 cm³/mol. The minimum absolute atomic E-state index is 0.0556. The highest BCUT2D eigenvalue weighted by Gasteiger charge is 2.53. The molecule has 1 N–H and O–H groups in total. The molecule has 0 spiro atoms. The van der Waals surface area contributed by atoms with Crippen LogP contribution in [0.25, 0.3) is 0 Å². The summed E-state index contributed by atoms with van der Waals surface area (Å²) in [6, 6.07) is 7.89. The number of rotatable bonds is 4. The number of hydrogen-bond donors (Lipinski definition) is 1. The highest BCUT2D eigenvalue weighted by molar-refractivity contribution is 5.91. The van der Waals surface area contributed by atoms with E-state index in [1.54, 1.807) is 7.11 Å². The van der Waals surface area contributed by atoms with E-state index >= 15 is 0 Å². The van der Waals surface area contributed by atoms with Crippen LogP contribution in [0.5, 0.6) is 5.75 Å². The highest BCUT2D eigenvalue weighted by Crippen LogP contribution is 2.50. The smallest absolute Gasteiger partial charge is 0.407 e. The Balaban J connectivity index is 1.54. The number of amides is 2. The number of ether oxygens (including phenoxy) is 2. The molecule has 1 heterocycles. The van der Waals surface area contributed by atoms with E-state index in [-0.39, 0.29) is 23.5 Å². The molecule has 1 saturated carbocycles. The summed E-state index contributed by atoms with van der Waals surface area (Å²) in [6.45, 7) is 6.88. The standard InChI is InChI=1S/C21H30N2O4/c1-20(2,3)27-19(25)22-16-9-13-23(14-10-16)18(24)21(11-12-21)15-5-7-17(26-4)8-6-15/h5-8,16H,9-14H2,1-4H3,(H,22,25). The first-order chi connectivity index (χ1) is 12.7. The summed E-state index contributed by atoms with van der Waals surface area (Å²) in [5, 5.41) is 2.92. The van der Waals surface area contributed by atoms with Crippen molar-refractivity contribution in [2.24, 2.45) is 0 Å². The average Bonchev–Trinajstić information content (AvgIpc) is 3.42. The lowest BCUT2D eigenvalue weighted by molar-refractivity contribution is -0.135. The van der Waals surface area contributed by atoms with Crippen LogP contribution in [-0.4, -0.2) is 48.7 Å². The van der Waals surface area contributed by atoms with Crippen LogP contribution >= 0.6 is 0 Å². The van der Waals surface area contributed by atoms with Gasteiger partial charge in [0.25, 0.3) is 0 Å². The third-order valence-electron chi connectivity index (χ3n) is 5.31. The zero-order chi connectivity index (χ0) is 19.7. The van der Waals surface area contributed by atoms with E-state index in [2.05, 4.69) is 5.32 Å². The molecule has 0 bridgehead atoms. The highest BCUT2D eigenvalue weighted by atomic mass is 16.6. The van der Waals surface area contributed by atoms with Gasteiger partial charge in [-0.1, -0.05) is 12.1 Å². The van der Waals surface area contributed by atoms with Gasteiger partial charge in [0, 0.05) is 19.1 Å². The SMILES string of the molecule is COc1ccc(C2(C(=O)N3CCC(NC(=O)OC(C)(C)C)CC3)CC2)cc1. The molecule has 27 heavy (non-hydrogen) atoms. The summed E-state index contributed by atoms with van der Waals surface area (Å²) in [4.78, 5) is 27.0. The van der Waals surface area contributed by atoms with Crippen molar-refractivity contribution in [3.8, 4) is 5.75 Å². The fourth-order valence-corrected chi connectivity index (χ4v) is 3.66. The van der Waals surface area contributed by atoms with E-state index in [1.165, 1.54) is 0 Å². The molecular formula is C21H30N2O4. The van der Waals surface area contributed by atoms with Gasteiger partial charge in [0.2, 0.25) is 5.91 Å². The number of benzene rings is 1. The Morgan fingerprint density at radius 1 is 1.11 bits per heavy atom. The third-order valence-corrected chi connectivity index (χ3v) is 5.31. The van der Waals surface area contributed by atoms with Gasteiger partial charge < -0.3 is 19.7 Å². The van der Waals surface area contributed by atoms with Crippen LogP contribution in [0.3, 0.4) is 0 Å². The number of piperidine rings is 1. The van der Waals surface area contributed by atoms with Gasteiger partial charge in [0.05, 0.1) is 12.5 Å². The van der Waals surface area contributed by atoms with Gasteiger partial charge in [0.15, 0.2) is 0 Å². The van der Waals surface area contributed by atoms with E-state index in [0.29, 0.717) is 13.1 Å². The fourth-order valence-electron chi connectivity index (χ4n) is 3.66. The first-order valence-corrected chi connectivity index (χ1v) is 9.67. The van der Waals surface area contributed by atoms with E-state index in [4.69, 9.17) is 9.47 Å². The number of carbonyl (C=O) groups excluding carboxylic acids is 2. The second-order valence-electron chi connectivity index (χ2n) is 8.52. The second-order valence-corrected chi connectivity index (χ2v) is 8.52. The van der Waals surface area contributed by atoms with Crippen LogP contribution in [0.1, 0.15) is 52.0 Å². The van der Waals surface area contributed by atoms with Crippen LogP contribution in [-0.2, 0) is 14.9 Å². The molecule has 0 aromatic heterocycles. The molecule has 1 aromatic rings. The minimum Gasteiger partial charge on any atom is -0.497 e. The first-order valence-electron chi connectivity index (χ1n) is 9.67. The zero-order valence-corrected chi connectivity index (χ0v) is 16.7. The lowest BCUT2D eigenvalue weighted by atomic mass is 9.92. The molecule has 6 heteroatoms. The van der Waals surface area contributed by atoms with E-state index in [9.17, 15) is 9.59 Å². The predicted octanol–water partition coefficient (Wildman–Crippen LogP) is 3.24. The van der Waals surface area contributed by atoms with Gasteiger partial charge in [-0.05, 0) is 64.2 Å². The van der Waals surface area contributed by atoms with Gasteiger partial charge in [0.1, 0.15) is 11.4 Å². The number of alkyl carbamates (subject to hydrolysis) is 1. The monoisotopic (exact) mass is 374 g/mol. The molecular weight excluding hydrogens is 344 g/mol. The van der Waals surface area contributed by atoms with Crippen molar-refractivity contribution in [1.82, 2.24) is 10.2 Å². The molecule has 3 rings (SSSR count). The van der Waals surface area contributed by atoms with Crippen molar-refractivity contribution in [3.63, 3.8) is 0 Å². The number of likely N-dealkylation sites (tertiary alicyclic amines) is 1. The minimum atomic E-state index is -0.503. The van der Waals surface area contributed by atoms with Crippen LogP contribution in [0.15, 0.2) is 24.3 Å². The van der Waals surface area contributed by atoms with Gasteiger partial charge in [-0.2, -0.15) is 0 Å². The lowest BCUT2D eigenvalue weighted by Crippen LogP contribution is -2.49. The maximum absolute atomic E-state index is 13.1. The molecule has 0 atom stereocenters. The molecule has 2 aliphatic rings. The Labute approximate surface area is 161 Å². The molecule has 2 fully saturated rings. The fraction of sp³-hybridized carbons (Fsp3) is 0.619. The maximum Gasteiger partial charge on any atom is 0.407 e. The molecule has 1 aliphatic heterocycles. The summed E-state index contributed by atoms with van der Waals surface area (Å²) in [6.07, 6.45) is 2.92. The van der Waals surface area contributed by atoms with Gasteiger partial charge in [-0.3, -0.25) is 4.79 Å². The topological polar surface area (TPSA) is 67.9 Å². The second kappa shape index (κ2) is 7.41. The Kier molecular flexibility index (Phi) is 5.36. The van der Waals surface area contributed by atoms with E-state index < -0.39 is 5.60 Å². The van der Waals surface area contributed by atoms with Crippen LogP contribution < -0.4 is 10.1 Å². The maximum atomic E-state index is 13.1. The number of hydrogen-bond acceptors (Lipinski definition) is 4. The number of nitrogens with one attached hydrogen (secondary N) is 1. The molecule has 0 unspecified atom stereocenters. The summed E-state index contributed by atoms with van der Waals surface area (Å²) >= 11 is 0. The quantitative estimate of drug-likeness (QED) is 0.878. The molecule has 0 radical (unpaired) electrons. The van der Waals surface area contributed by atoms with Gasteiger partial charge in [-0.15, -0.1) is 0 Å². The molecule has 1 aliphatic carbocycles. The van der Waals surface area contributed by atoms with Gasteiger partial charge in [-0.25, -0.2) is 4.79 Å². The Hall–Kier alpha value is -2.24. The van der Waals surface area contributed by atoms with Crippen LogP contribution in [0.4, 0.5) is 4.79 Å². The van der Waals surface area contributed by atoms with Crippen molar-refractivity contribution in [3.05, 3.63) is 29.8 Å². The van der Waals surface area contributed by atoms with Crippen molar-refractivity contribution < 1.29 is 19.1 Å². The van der Waals surface area contributed by atoms with Crippen LogP contribution in [0, 0.1) is 0 Å². The summed E-state index contributed by atoms with van der Waals surface area (Å²) in [5.41, 5.74) is 0.206. The molecule has 2 amide bonds. The van der Waals surface area contributed by atoms with Crippen molar-refractivity contribution in [2.75, 3.05) is 20.2 Å². The number of methoxy groups -OCH3 is 1. The number of nitrogens with zero attached hydrogens (tertiary/aromatic N) is 1. The molecule has 6 nitrogen and oxygen atoms in total. The average molecular weight is 374 g/mol. The van der Waals surface area contributed by atoms with Crippen molar-refractivity contribution in [2.45, 2.75) is 63.5 Å². The third kappa shape index (κ3) is 4.54. The first kappa shape index (κ1) is 19.5. The molecule has 148 valence electrons. The Bertz CT molecular complexity index is 681. The van der Waals surface area contributed by atoms with Crippen molar-refractivity contribution in [1.29, 1.82) is 0 Å². The van der Waals surface area contributed by atoms with Gasteiger partial charge >= 0.3 is 6.09 Å². The summed E-state index contributed by atoms with van der Waals surface area (Å²) < 4.78 is 10.5. The summed E-state index contributed by atoms with van der Waals surface area (Å²) in [7, 11) is 1.64. The Morgan fingerprint density at radius 2 is 1.70 bits per heavy atom. The zero-order valence-electron chi connectivity index (χ0n) is 16.7. The van der Waals surface area contributed by atoms with Crippen LogP contribution in [0.2, 0.25) is 0 Å². The molecule has 1 aromatic carbocycles. The van der Waals surface area contributed by atoms with E-state index in [0.717, 1.165) is 37.0 Å². The number of carbonyl (C=O) groups is 2. The Morgan fingerprint density at radius 3 is 2.19 bits per heavy atom. The summed E-state index contributed by atoms with van der Waals surface area (Å²) in [5.74, 6) is 1.01. The van der Waals surface area contributed by atoms with E-state index in [1.807, 2.05) is 49.9 Å². The normalized spacial score (nSPS) is 19.3. The molecule has 1 saturated heterocycles. The van der Waals surface area contributed by atoms with Crippen molar-refractivity contribution >= 4 is 12.0 Å². The lowest BCUT2D eigenvalue weighted by Gasteiger charge is -2.35. The largest absolute Gasteiger partial charge is 0.497 e.